The standard InChI is InChI=1S/C19H34N4O.HI/c1-5-13-20-19(21-14-12-18-11-9-16-24-18)22-17(4)10-8-15-23(6-2)7-3;/h5,9,11,16-17H,1,6-8,10,12-15H2,2-4H3,(H2,20,21,22);1H. The molecule has 1 atom stereocenters. The lowest BCUT2D eigenvalue weighted by Gasteiger charge is -2.21. The van der Waals surface area contributed by atoms with Gasteiger partial charge in [0.05, 0.1) is 6.26 Å². The molecule has 5 nitrogen and oxygen atoms in total. The molecule has 25 heavy (non-hydrogen) atoms. The van der Waals surface area contributed by atoms with E-state index in [0.29, 0.717) is 19.1 Å². The lowest BCUT2D eigenvalue weighted by molar-refractivity contribution is 0.292. The van der Waals surface area contributed by atoms with Gasteiger partial charge < -0.3 is 20.0 Å². The largest absolute Gasteiger partial charge is 0.469 e. The number of aliphatic imine (C=N–C) groups is 1. The average Bonchev–Trinajstić information content (AvgIpc) is 3.10. The van der Waals surface area contributed by atoms with Crippen molar-refractivity contribution >= 4 is 29.9 Å². The molecular formula is C19H35IN4O. The SMILES string of the molecule is C=CCNC(=NCCc1ccco1)NC(C)CCCN(CC)CC.I. The van der Waals surface area contributed by atoms with Crippen LogP contribution in [0.15, 0.2) is 40.5 Å². The molecule has 2 N–H and O–H groups in total. The molecule has 6 heteroatoms. The minimum Gasteiger partial charge on any atom is -0.469 e. The third-order valence-corrected chi connectivity index (χ3v) is 4.01. The number of guanidine groups is 1. The first-order chi connectivity index (χ1) is 11.7. The first-order valence-corrected chi connectivity index (χ1v) is 9.10. The molecule has 0 aliphatic carbocycles. The second kappa shape index (κ2) is 15.3. The summed E-state index contributed by atoms with van der Waals surface area (Å²) in [5.74, 6) is 1.81. The lowest BCUT2D eigenvalue weighted by Crippen LogP contribution is -2.42. The van der Waals surface area contributed by atoms with Gasteiger partial charge in [0.15, 0.2) is 5.96 Å². The Morgan fingerprint density at radius 2 is 2.16 bits per heavy atom. The van der Waals surface area contributed by atoms with Gasteiger partial charge in [0.1, 0.15) is 5.76 Å². The topological polar surface area (TPSA) is 52.8 Å². The molecule has 0 bridgehead atoms. The molecule has 0 saturated heterocycles. The van der Waals surface area contributed by atoms with E-state index in [2.05, 4.69) is 47.9 Å². The molecule has 0 aliphatic heterocycles. The van der Waals surface area contributed by atoms with Crippen molar-refractivity contribution in [2.45, 2.75) is 46.1 Å². The van der Waals surface area contributed by atoms with Crippen LogP contribution in [0.4, 0.5) is 0 Å². The van der Waals surface area contributed by atoms with Crippen LogP contribution in [-0.4, -0.2) is 49.6 Å². The fourth-order valence-electron chi connectivity index (χ4n) is 2.52. The van der Waals surface area contributed by atoms with E-state index in [1.54, 1.807) is 6.26 Å². The first kappa shape index (κ1) is 24.0. The number of nitrogens with zero attached hydrogens (tertiary/aromatic N) is 2. The van der Waals surface area contributed by atoms with Crippen LogP contribution < -0.4 is 10.6 Å². The summed E-state index contributed by atoms with van der Waals surface area (Å²) in [5.41, 5.74) is 0. The minimum absolute atomic E-state index is 0. The summed E-state index contributed by atoms with van der Waals surface area (Å²) < 4.78 is 5.34. The minimum atomic E-state index is 0. The molecule has 0 amide bonds. The highest BCUT2D eigenvalue weighted by atomic mass is 127. The van der Waals surface area contributed by atoms with Crippen molar-refractivity contribution in [2.24, 2.45) is 4.99 Å². The van der Waals surface area contributed by atoms with Gasteiger partial charge in [0, 0.05) is 25.6 Å². The quantitative estimate of drug-likeness (QED) is 0.216. The van der Waals surface area contributed by atoms with Crippen LogP contribution in [0.25, 0.3) is 0 Å². The molecule has 1 aromatic rings. The maximum absolute atomic E-state index is 5.34. The molecule has 1 aromatic heterocycles. The van der Waals surface area contributed by atoms with E-state index < -0.39 is 0 Å². The summed E-state index contributed by atoms with van der Waals surface area (Å²) in [7, 11) is 0. The van der Waals surface area contributed by atoms with E-state index in [0.717, 1.165) is 44.2 Å². The first-order valence-electron chi connectivity index (χ1n) is 9.10. The zero-order chi connectivity index (χ0) is 17.6. The van der Waals surface area contributed by atoms with Crippen LogP contribution >= 0.6 is 24.0 Å². The van der Waals surface area contributed by atoms with Crippen LogP contribution in [0.1, 0.15) is 39.4 Å². The number of hydrogen-bond donors (Lipinski definition) is 2. The zero-order valence-corrected chi connectivity index (χ0v) is 18.3. The summed E-state index contributed by atoms with van der Waals surface area (Å²) in [4.78, 5) is 7.09. The van der Waals surface area contributed by atoms with E-state index >= 15 is 0 Å². The molecule has 0 fully saturated rings. The molecule has 0 radical (unpaired) electrons. The van der Waals surface area contributed by atoms with Gasteiger partial charge in [-0.3, -0.25) is 4.99 Å². The Balaban J connectivity index is 0.00000576. The van der Waals surface area contributed by atoms with Crippen molar-refractivity contribution in [1.82, 2.24) is 15.5 Å². The normalized spacial score (nSPS) is 12.6. The van der Waals surface area contributed by atoms with Crippen molar-refractivity contribution < 1.29 is 4.42 Å². The molecular weight excluding hydrogens is 427 g/mol. The second-order valence-electron chi connectivity index (χ2n) is 5.94. The highest BCUT2D eigenvalue weighted by Crippen LogP contribution is 2.02. The van der Waals surface area contributed by atoms with Gasteiger partial charge in [-0.1, -0.05) is 19.9 Å². The Kier molecular flexibility index (Phi) is 14.6. The van der Waals surface area contributed by atoms with Gasteiger partial charge in [-0.15, -0.1) is 30.6 Å². The molecule has 0 saturated carbocycles. The Labute approximate surface area is 170 Å². The zero-order valence-electron chi connectivity index (χ0n) is 16.0. The fraction of sp³-hybridized carbons (Fsp3) is 0.632. The smallest absolute Gasteiger partial charge is 0.191 e. The highest BCUT2D eigenvalue weighted by Gasteiger charge is 2.06. The van der Waals surface area contributed by atoms with Crippen molar-refractivity contribution in [3.63, 3.8) is 0 Å². The van der Waals surface area contributed by atoms with Crippen molar-refractivity contribution in [1.29, 1.82) is 0 Å². The van der Waals surface area contributed by atoms with Crippen LogP contribution in [0, 0.1) is 0 Å². The number of nitrogens with one attached hydrogen (secondary N) is 2. The Morgan fingerprint density at radius 1 is 1.40 bits per heavy atom. The summed E-state index contributed by atoms with van der Waals surface area (Å²) in [5, 5.41) is 6.77. The second-order valence-corrected chi connectivity index (χ2v) is 5.94. The van der Waals surface area contributed by atoms with Crippen LogP contribution in [0.3, 0.4) is 0 Å². The fourth-order valence-corrected chi connectivity index (χ4v) is 2.52. The predicted octanol–water partition coefficient (Wildman–Crippen LogP) is 3.67. The van der Waals surface area contributed by atoms with E-state index in [1.165, 1.54) is 6.42 Å². The third-order valence-electron chi connectivity index (χ3n) is 4.01. The Morgan fingerprint density at radius 3 is 2.76 bits per heavy atom. The molecule has 0 aromatic carbocycles. The molecule has 144 valence electrons. The van der Waals surface area contributed by atoms with Gasteiger partial charge in [-0.05, 0) is 51.5 Å². The van der Waals surface area contributed by atoms with Crippen molar-refractivity contribution in [3.8, 4) is 0 Å². The molecule has 0 aliphatic rings. The predicted molar refractivity (Wildman–Crippen MR) is 118 cm³/mol. The number of halogens is 1. The van der Waals surface area contributed by atoms with Crippen molar-refractivity contribution in [3.05, 3.63) is 36.8 Å². The summed E-state index contributed by atoms with van der Waals surface area (Å²) >= 11 is 0. The summed E-state index contributed by atoms with van der Waals surface area (Å²) in [6.45, 7) is 15.2. The number of rotatable bonds is 12. The van der Waals surface area contributed by atoms with E-state index in [1.807, 2.05) is 18.2 Å². The van der Waals surface area contributed by atoms with E-state index in [4.69, 9.17) is 4.42 Å². The Hall–Kier alpha value is -1.02. The van der Waals surface area contributed by atoms with Gasteiger partial charge >= 0.3 is 0 Å². The number of hydrogen-bond acceptors (Lipinski definition) is 3. The molecule has 1 unspecified atom stereocenters. The monoisotopic (exact) mass is 462 g/mol. The van der Waals surface area contributed by atoms with Crippen LogP contribution in [0.5, 0.6) is 0 Å². The van der Waals surface area contributed by atoms with Gasteiger partial charge in [-0.25, -0.2) is 0 Å². The highest BCUT2D eigenvalue weighted by molar-refractivity contribution is 14.0. The van der Waals surface area contributed by atoms with Gasteiger partial charge in [-0.2, -0.15) is 0 Å². The summed E-state index contributed by atoms with van der Waals surface area (Å²) in [6, 6.07) is 4.28. The van der Waals surface area contributed by atoms with Crippen LogP contribution in [0.2, 0.25) is 0 Å². The van der Waals surface area contributed by atoms with Crippen molar-refractivity contribution in [2.75, 3.05) is 32.7 Å². The van der Waals surface area contributed by atoms with E-state index in [-0.39, 0.29) is 24.0 Å². The molecule has 1 heterocycles. The van der Waals surface area contributed by atoms with Gasteiger partial charge in [0.25, 0.3) is 0 Å². The molecule has 1 rings (SSSR count). The summed E-state index contributed by atoms with van der Waals surface area (Å²) in [6.07, 6.45) is 6.67. The number of furan rings is 1. The third kappa shape index (κ3) is 11.3. The van der Waals surface area contributed by atoms with Gasteiger partial charge in [0.2, 0.25) is 0 Å². The maximum Gasteiger partial charge on any atom is 0.191 e. The average molecular weight is 462 g/mol. The lowest BCUT2D eigenvalue weighted by atomic mass is 10.2. The maximum atomic E-state index is 5.34. The van der Waals surface area contributed by atoms with E-state index in [9.17, 15) is 0 Å². The molecule has 0 spiro atoms. The van der Waals surface area contributed by atoms with Crippen LogP contribution in [-0.2, 0) is 6.42 Å². The Bertz CT molecular complexity index is 458.